The van der Waals surface area contributed by atoms with E-state index in [0.717, 1.165) is 26.2 Å². The van der Waals surface area contributed by atoms with Gasteiger partial charge in [-0.2, -0.15) is 0 Å². The zero-order valence-corrected chi connectivity index (χ0v) is 12.6. The van der Waals surface area contributed by atoms with Crippen molar-refractivity contribution >= 4 is 35.0 Å². The molecule has 0 saturated carbocycles. The van der Waals surface area contributed by atoms with E-state index in [2.05, 4.69) is 57.1 Å². The van der Waals surface area contributed by atoms with Crippen LogP contribution in [0.5, 0.6) is 0 Å². The Morgan fingerprint density at radius 1 is 1.24 bits per heavy atom. The zero-order chi connectivity index (χ0) is 11.4. The number of nitrogens with one attached hydrogen (secondary N) is 1. The van der Waals surface area contributed by atoms with Crippen LogP contribution in [0.3, 0.4) is 0 Å². The minimum atomic E-state index is 0. The first-order valence-corrected chi connectivity index (χ1v) is 6.70. The van der Waals surface area contributed by atoms with Crippen LogP contribution in [-0.4, -0.2) is 42.8 Å². The summed E-state index contributed by atoms with van der Waals surface area (Å²) in [5, 5.41) is 12.9. The maximum atomic E-state index is 9.54. The molecule has 0 spiro atoms. The number of halogens is 2. The van der Waals surface area contributed by atoms with Crippen LogP contribution in [0.2, 0.25) is 0 Å². The number of hydrogen-bond donors (Lipinski definition) is 2. The van der Waals surface area contributed by atoms with E-state index in [4.69, 9.17) is 0 Å². The highest BCUT2D eigenvalue weighted by atomic mass is 127. The third-order valence-corrected chi connectivity index (χ3v) is 3.74. The van der Waals surface area contributed by atoms with Gasteiger partial charge in [0.2, 0.25) is 0 Å². The van der Waals surface area contributed by atoms with Crippen molar-refractivity contribution in [3.05, 3.63) is 33.4 Å². The fourth-order valence-corrected chi connectivity index (χ4v) is 2.47. The minimum Gasteiger partial charge on any atom is -0.394 e. The molecule has 96 valence electrons. The van der Waals surface area contributed by atoms with Crippen molar-refractivity contribution < 1.29 is 5.11 Å². The molecule has 2 rings (SSSR count). The fourth-order valence-electron chi connectivity index (χ4n) is 2.11. The lowest BCUT2D eigenvalue weighted by Gasteiger charge is -2.34. The van der Waals surface area contributed by atoms with Gasteiger partial charge in [0.25, 0.3) is 0 Å². The van der Waals surface area contributed by atoms with E-state index >= 15 is 0 Å². The number of hydrogen-bond acceptors (Lipinski definition) is 3. The summed E-state index contributed by atoms with van der Waals surface area (Å²) in [7, 11) is 0. The first-order valence-electron chi connectivity index (χ1n) is 5.62. The van der Waals surface area contributed by atoms with E-state index in [1.165, 1.54) is 9.13 Å². The molecule has 1 aromatic rings. The fraction of sp³-hybridized carbons (Fsp3) is 0.500. The first-order chi connectivity index (χ1) is 7.81. The summed E-state index contributed by atoms with van der Waals surface area (Å²) in [4.78, 5) is 2.35. The largest absolute Gasteiger partial charge is 0.394 e. The number of piperazine rings is 1. The quantitative estimate of drug-likeness (QED) is 0.797. The van der Waals surface area contributed by atoms with E-state index in [9.17, 15) is 5.11 Å². The zero-order valence-electron chi connectivity index (χ0n) is 9.60. The van der Waals surface area contributed by atoms with Crippen molar-refractivity contribution in [3.8, 4) is 0 Å². The topological polar surface area (TPSA) is 35.5 Å². The molecule has 3 nitrogen and oxygen atoms in total. The Bertz CT molecular complexity index is 328. The second kappa shape index (κ2) is 7.53. The van der Waals surface area contributed by atoms with Gasteiger partial charge in [0.05, 0.1) is 12.6 Å². The van der Waals surface area contributed by atoms with Gasteiger partial charge in [-0.25, -0.2) is 0 Å². The van der Waals surface area contributed by atoms with Gasteiger partial charge in [-0.05, 0) is 40.3 Å². The predicted molar refractivity (Wildman–Crippen MR) is 80.7 cm³/mol. The normalized spacial score (nSPS) is 18.5. The summed E-state index contributed by atoms with van der Waals surface area (Å²) >= 11 is 2.30. The molecule has 5 heteroatoms. The summed E-state index contributed by atoms with van der Waals surface area (Å²) in [6.45, 7) is 4.25. The Balaban J connectivity index is 0.00000144. The second-order valence-corrected chi connectivity index (χ2v) is 5.28. The molecule has 1 aliphatic heterocycles. The Hall–Kier alpha value is 0.120. The van der Waals surface area contributed by atoms with E-state index in [1.807, 2.05) is 0 Å². The molecular weight excluding hydrogens is 351 g/mol. The van der Waals surface area contributed by atoms with Crippen molar-refractivity contribution in [1.29, 1.82) is 0 Å². The Morgan fingerprint density at radius 3 is 2.35 bits per heavy atom. The van der Waals surface area contributed by atoms with Gasteiger partial charge >= 0.3 is 0 Å². The summed E-state index contributed by atoms with van der Waals surface area (Å²) < 4.78 is 1.23. The molecular formula is C12H18ClIN2O. The number of aliphatic hydroxyl groups is 1. The van der Waals surface area contributed by atoms with Crippen LogP contribution in [-0.2, 0) is 0 Å². The molecule has 0 radical (unpaired) electrons. The summed E-state index contributed by atoms with van der Waals surface area (Å²) in [6, 6.07) is 8.58. The lowest BCUT2D eigenvalue weighted by atomic mass is 10.1. The van der Waals surface area contributed by atoms with Crippen molar-refractivity contribution in [2.75, 3.05) is 32.8 Å². The Kier molecular flexibility index (Phi) is 6.72. The highest BCUT2D eigenvalue weighted by Gasteiger charge is 2.20. The van der Waals surface area contributed by atoms with Crippen LogP contribution >= 0.6 is 35.0 Å². The molecule has 1 aliphatic rings. The maximum absolute atomic E-state index is 9.54. The van der Waals surface area contributed by atoms with Gasteiger partial charge in [-0.3, -0.25) is 4.90 Å². The molecule has 0 aliphatic carbocycles. The number of rotatable bonds is 3. The number of nitrogens with zero attached hydrogens (tertiary/aromatic N) is 1. The monoisotopic (exact) mass is 368 g/mol. The Labute approximate surface area is 122 Å². The van der Waals surface area contributed by atoms with E-state index in [0.29, 0.717) is 0 Å². The lowest BCUT2D eigenvalue weighted by Crippen LogP contribution is -2.46. The third kappa shape index (κ3) is 4.06. The van der Waals surface area contributed by atoms with Gasteiger partial charge in [0.1, 0.15) is 0 Å². The van der Waals surface area contributed by atoms with Crippen molar-refractivity contribution in [2.24, 2.45) is 0 Å². The summed E-state index contributed by atoms with van der Waals surface area (Å²) in [6.07, 6.45) is 0. The van der Waals surface area contributed by atoms with Crippen molar-refractivity contribution in [2.45, 2.75) is 6.04 Å². The maximum Gasteiger partial charge on any atom is 0.0628 e. The van der Waals surface area contributed by atoms with Gasteiger partial charge in [-0.1, -0.05) is 12.1 Å². The van der Waals surface area contributed by atoms with Crippen molar-refractivity contribution in [3.63, 3.8) is 0 Å². The molecule has 1 atom stereocenters. The molecule has 2 N–H and O–H groups in total. The second-order valence-electron chi connectivity index (χ2n) is 4.04. The highest BCUT2D eigenvalue weighted by Crippen LogP contribution is 2.21. The van der Waals surface area contributed by atoms with Crippen LogP contribution < -0.4 is 5.32 Å². The van der Waals surface area contributed by atoms with Crippen LogP contribution in [0.15, 0.2) is 24.3 Å². The van der Waals surface area contributed by atoms with E-state index in [-0.39, 0.29) is 25.1 Å². The van der Waals surface area contributed by atoms with Gasteiger partial charge in [0, 0.05) is 29.7 Å². The molecule has 0 bridgehead atoms. The highest BCUT2D eigenvalue weighted by molar-refractivity contribution is 14.1. The number of benzene rings is 1. The van der Waals surface area contributed by atoms with Gasteiger partial charge < -0.3 is 10.4 Å². The van der Waals surface area contributed by atoms with Gasteiger partial charge in [0.15, 0.2) is 0 Å². The predicted octanol–water partition coefficient (Wildman–Crippen LogP) is 1.65. The molecule has 1 heterocycles. The SMILES string of the molecule is Cl.OC[C@H](c1ccc(I)cc1)N1CCNCC1. The van der Waals surface area contributed by atoms with Crippen LogP contribution in [0.1, 0.15) is 11.6 Å². The average molecular weight is 369 g/mol. The molecule has 17 heavy (non-hydrogen) atoms. The van der Waals surface area contributed by atoms with E-state index in [1.54, 1.807) is 0 Å². The van der Waals surface area contributed by atoms with Crippen LogP contribution in [0, 0.1) is 3.57 Å². The smallest absolute Gasteiger partial charge is 0.0628 e. The van der Waals surface area contributed by atoms with Crippen LogP contribution in [0.25, 0.3) is 0 Å². The molecule has 0 unspecified atom stereocenters. The lowest BCUT2D eigenvalue weighted by molar-refractivity contribution is 0.111. The molecule has 1 saturated heterocycles. The molecule has 1 aromatic carbocycles. The summed E-state index contributed by atoms with van der Waals surface area (Å²) in [5.41, 5.74) is 1.21. The average Bonchev–Trinajstić information content (AvgIpc) is 2.34. The standard InChI is InChI=1S/C12H17IN2O.ClH/c13-11-3-1-10(2-4-11)12(9-16)15-7-5-14-6-8-15;/h1-4,12,14,16H,5-9H2;1H/t12-;/m1./s1. The number of aliphatic hydroxyl groups excluding tert-OH is 1. The molecule has 0 amide bonds. The van der Waals surface area contributed by atoms with Crippen molar-refractivity contribution in [1.82, 2.24) is 10.2 Å². The minimum absolute atomic E-state index is 0. The van der Waals surface area contributed by atoms with Crippen LogP contribution in [0.4, 0.5) is 0 Å². The Morgan fingerprint density at radius 2 is 1.82 bits per heavy atom. The van der Waals surface area contributed by atoms with Gasteiger partial charge in [-0.15, -0.1) is 12.4 Å². The first kappa shape index (κ1) is 15.2. The third-order valence-electron chi connectivity index (χ3n) is 3.02. The summed E-state index contributed by atoms with van der Waals surface area (Å²) in [5.74, 6) is 0. The molecule has 0 aromatic heterocycles. The molecule has 1 fully saturated rings. The van der Waals surface area contributed by atoms with E-state index < -0.39 is 0 Å².